The minimum absolute atomic E-state index is 0.0374. The summed E-state index contributed by atoms with van der Waals surface area (Å²) in [5.74, 6) is -0.0374. The Hall–Kier alpha value is -2.46. The van der Waals surface area contributed by atoms with Crippen LogP contribution < -0.4 is 5.32 Å². The molecule has 0 unspecified atom stereocenters. The van der Waals surface area contributed by atoms with Gasteiger partial charge in [-0.1, -0.05) is 30.4 Å². The van der Waals surface area contributed by atoms with Crippen LogP contribution in [0.1, 0.15) is 12.0 Å². The predicted molar refractivity (Wildman–Crippen MR) is 93.7 cm³/mol. The first kappa shape index (κ1) is 15.9. The van der Waals surface area contributed by atoms with E-state index in [9.17, 15) is 4.79 Å². The van der Waals surface area contributed by atoms with E-state index in [0.717, 1.165) is 28.9 Å². The third kappa shape index (κ3) is 4.53. The molecule has 1 heterocycles. The normalized spacial score (nSPS) is 14.8. The average Bonchev–Trinajstić information content (AvgIpc) is 2.66. The lowest BCUT2D eigenvalue weighted by Gasteiger charge is -2.11. The predicted octanol–water partition coefficient (Wildman–Crippen LogP) is 3.42. The Kier molecular flexibility index (Phi) is 5.44. The molecule has 0 aliphatic carbocycles. The van der Waals surface area contributed by atoms with Gasteiger partial charge in [0.2, 0.25) is 5.91 Å². The first-order chi connectivity index (χ1) is 10.6. The van der Waals surface area contributed by atoms with Crippen LogP contribution in [0.2, 0.25) is 0 Å². The molecule has 2 rings (SSSR count). The quantitative estimate of drug-likeness (QED) is 0.846. The zero-order valence-corrected chi connectivity index (χ0v) is 13.0. The molecule has 1 aliphatic rings. The van der Waals surface area contributed by atoms with Gasteiger partial charge in [0, 0.05) is 17.5 Å². The lowest BCUT2D eigenvalue weighted by molar-refractivity contribution is -0.116. The van der Waals surface area contributed by atoms with Crippen molar-refractivity contribution in [2.45, 2.75) is 6.42 Å². The van der Waals surface area contributed by atoms with E-state index in [1.165, 1.54) is 0 Å². The van der Waals surface area contributed by atoms with Crippen molar-refractivity contribution in [3.05, 3.63) is 54.1 Å². The molecule has 4 nitrogen and oxygen atoms in total. The summed E-state index contributed by atoms with van der Waals surface area (Å²) in [5, 5.41) is 2.88. The van der Waals surface area contributed by atoms with E-state index >= 15 is 0 Å². The summed E-state index contributed by atoms with van der Waals surface area (Å²) in [4.78, 5) is 18.1. The lowest BCUT2D eigenvalue weighted by atomic mass is 10.1. The van der Waals surface area contributed by atoms with E-state index in [1.807, 2.05) is 61.6 Å². The van der Waals surface area contributed by atoms with E-state index in [0.29, 0.717) is 6.54 Å². The highest BCUT2D eigenvalue weighted by molar-refractivity contribution is 5.94. The average molecular weight is 295 g/mol. The minimum atomic E-state index is -0.0374. The molecule has 1 aliphatic heterocycles. The van der Waals surface area contributed by atoms with Crippen molar-refractivity contribution in [2.75, 3.05) is 26.0 Å². The smallest absolute Gasteiger partial charge is 0.238 e. The molecule has 0 spiro atoms. The molecule has 4 heteroatoms. The molecule has 0 bridgehead atoms. The molecule has 0 aromatic heterocycles. The van der Waals surface area contributed by atoms with E-state index in [2.05, 4.69) is 23.0 Å². The number of rotatable bonds is 5. The second kappa shape index (κ2) is 7.52. The molecule has 0 radical (unpaired) electrons. The van der Waals surface area contributed by atoms with Crippen molar-refractivity contribution in [3.8, 4) is 0 Å². The Morgan fingerprint density at radius 1 is 1.36 bits per heavy atom. The Morgan fingerprint density at radius 3 is 2.91 bits per heavy atom. The summed E-state index contributed by atoms with van der Waals surface area (Å²) in [7, 11) is 3.73. The third-order valence-electron chi connectivity index (χ3n) is 3.10. The molecular weight excluding hydrogens is 274 g/mol. The number of nitrogens with zero attached hydrogens (tertiary/aromatic N) is 2. The van der Waals surface area contributed by atoms with Gasteiger partial charge in [0.15, 0.2) is 0 Å². The van der Waals surface area contributed by atoms with E-state index in [4.69, 9.17) is 0 Å². The molecule has 1 aromatic rings. The number of likely N-dealkylation sites (N-methyl/N-ethyl adjacent to an activating group) is 1. The summed E-state index contributed by atoms with van der Waals surface area (Å²) < 4.78 is 0. The van der Waals surface area contributed by atoms with Gasteiger partial charge in [0.1, 0.15) is 0 Å². The summed E-state index contributed by atoms with van der Waals surface area (Å²) in [6.07, 6.45) is 10.6. The van der Waals surface area contributed by atoms with Crippen molar-refractivity contribution in [1.29, 1.82) is 0 Å². The number of anilines is 1. The lowest BCUT2D eigenvalue weighted by Crippen LogP contribution is -2.27. The number of benzene rings is 1. The number of hydrogen-bond donors (Lipinski definition) is 1. The summed E-state index contributed by atoms with van der Waals surface area (Å²) in [6, 6.07) is 5.75. The molecule has 0 saturated carbocycles. The van der Waals surface area contributed by atoms with Gasteiger partial charge in [-0.3, -0.25) is 9.79 Å². The standard InChI is InChI=1S/C18H21N3O/c1-4-5-6-14-7-8-15-9-10-16(11-17(15)19-12-14)20-18(22)13-21(2)3/h4,6-12H,1,5,13H2,2-3H3,(H,20,22)/b14-6-. The Bertz CT molecular complexity index is 654. The van der Waals surface area contributed by atoms with Crippen molar-refractivity contribution in [2.24, 2.45) is 4.99 Å². The van der Waals surface area contributed by atoms with Gasteiger partial charge in [0.25, 0.3) is 0 Å². The number of hydrogen-bond acceptors (Lipinski definition) is 3. The maximum absolute atomic E-state index is 11.8. The van der Waals surface area contributed by atoms with Crippen LogP contribution in [0.25, 0.3) is 6.08 Å². The SMILES string of the molecule is C=CC/C=C1/C=Cc2ccc(NC(=O)CN(C)C)cc2N=C1. The summed E-state index contributed by atoms with van der Waals surface area (Å²) in [6.45, 7) is 4.07. The molecule has 0 fully saturated rings. The van der Waals surface area contributed by atoms with Gasteiger partial charge >= 0.3 is 0 Å². The van der Waals surface area contributed by atoms with Gasteiger partial charge in [-0.2, -0.15) is 0 Å². The van der Waals surface area contributed by atoms with Crippen molar-refractivity contribution < 1.29 is 4.79 Å². The van der Waals surface area contributed by atoms with Crippen molar-refractivity contribution in [3.63, 3.8) is 0 Å². The van der Waals surface area contributed by atoms with Gasteiger partial charge in [-0.05, 0) is 38.2 Å². The number of aliphatic imine (C=N–C) groups is 1. The van der Waals surface area contributed by atoms with Gasteiger partial charge in [-0.25, -0.2) is 0 Å². The minimum Gasteiger partial charge on any atom is -0.325 e. The molecule has 22 heavy (non-hydrogen) atoms. The van der Waals surface area contributed by atoms with Crippen LogP contribution in [0, 0.1) is 0 Å². The van der Waals surface area contributed by atoms with Crippen LogP contribution in [-0.4, -0.2) is 37.7 Å². The molecule has 1 amide bonds. The number of carbonyl (C=O) groups excluding carboxylic acids is 1. The number of allylic oxidation sites excluding steroid dienone is 4. The number of nitrogens with one attached hydrogen (secondary N) is 1. The molecule has 1 aromatic carbocycles. The van der Waals surface area contributed by atoms with Crippen LogP contribution in [0.15, 0.2) is 53.6 Å². The van der Waals surface area contributed by atoms with E-state index in [-0.39, 0.29) is 5.91 Å². The highest BCUT2D eigenvalue weighted by Crippen LogP contribution is 2.27. The Balaban J connectivity index is 2.16. The maximum atomic E-state index is 11.8. The fourth-order valence-electron chi connectivity index (χ4n) is 2.08. The Labute approximate surface area is 131 Å². The first-order valence-electron chi connectivity index (χ1n) is 7.20. The van der Waals surface area contributed by atoms with Crippen LogP contribution in [0.4, 0.5) is 11.4 Å². The third-order valence-corrected chi connectivity index (χ3v) is 3.10. The second-order valence-electron chi connectivity index (χ2n) is 5.38. The van der Waals surface area contributed by atoms with Crippen molar-refractivity contribution >= 4 is 29.6 Å². The second-order valence-corrected chi connectivity index (χ2v) is 5.38. The topological polar surface area (TPSA) is 44.7 Å². The fourth-order valence-corrected chi connectivity index (χ4v) is 2.08. The van der Waals surface area contributed by atoms with Gasteiger partial charge < -0.3 is 10.2 Å². The van der Waals surface area contributed by atoms with E-state index in [1.54, 1.807) is 0 Å². The zero-order chi connectivity index (χ0) is 15.9. The number of amides is 1. The Morgan fingerprint density at radius 2 is 2.18 bits per heavy atom. The highest BCUT2D eigenvalue weighted by Gasteiger charge is 2.07. The van der Waals surface area contributed by atoms with Gasteiger partial charge in [0.05, 0.1) is 12.2 Å². The molecular formula is C18H21N3O. The fraction of sp³-hybridized carbons (Fsp3) is 0.222. The largest absolute Gasteiger partial charge is 0.325 e. The zero-order valence-electron chi connectivity index (χ0n) is 13.0. The summed E-state index contributed by atoms with van der Waals surface area (Å²) >= 11 is 0. The molecule has 1 N–H and O–H groups in total. The number of fused-ring (bicyclic) bond motifs is 1. The molecule has 0 saturated heterocycles. The molecule has 0 atom stereocenters. The van der Waals surface area contributed by atoms with Crippen molar-refractivity contribution in [1.82, 2.24) is 4.90 Å². The maximum Gasteiger partial charge on any atom is 0.238 e. The first-order valence-corrected chi connectivity index (χ1v) is 7.20. The van der Waals surface area contributed by atoms with Gasteiger partial charge in [-0.15, -0.1) is 6.58 Å². The van der Waals surface area contributed by atoms with E-state index < -0.39 is 0 Å². The van der Waals surface area contributed by atoms with Crippen LogP contribution in [-0.2, 0) is 4.79 Å². The van der Waals surface area contributed by atoms with Crippen LogP contribution in [0.3, 0.4) is 0 Å². The highest BCUT2D eigenvalue weighted by atomic mass is 16.2. The molecule has 114 valence electrons. The van der Waals surface area contributed by atoms with Crippen LogP contribution in [0.5, 0.6) is 0 Å². The number of carbonyl (C=O) groups is 1. The summed E-state index contributed by atoms with van der Waals surface area (Å²) in [5.41, 5.74) is 3.69. The monoisotopic (exact) mass is 295 g/mol. The van der Waals surface area contributed by atoms with Crippen LogP contribution >= 0.6 is 0 Å².